The van der Waals surface area contributed by atoms with Crippen molar-refractivity contribution in [3.63, 3.8) is 0 Å². The summed E-state index contributed by atoms with van der Waals surface area (Å²) in [6.45, 7) is 4.00. The zero-order valence-electron chi connectivity index (χ0n) is 15.6. The summed E-state index contributed by atoms with van der Waals surface area (Å²) in [5.74, 6) is -0.377. The molecule has 1 aromatic carbocycles. The van der Waals surface area contributed by atoms with Gasteiger partial charge in [0.1, 0.15) is 5.82 Å². The molecule has 0 radical (unpaired) electrons. The summed E-state index contributed by atoms with van der Waals surface area (Å²) in [4.78, 5) is 39.7. The lowest BCUT2D eigenvalue weighted by molar-refractivity contribution is -0.138. The van der Waals surface area contributed by atoms with E-state index in [0.29, 0.717) is 32.1 Å². The first-order chi connectivity index (χ1) is 13.0. The van der Waals surface area contributed by atoms with E-state index in [4.69, 9.17) is 0 Å². The van der Waals surface area contributed by atoms with Crippen LogP contribution in [-0.2, 0) is 14.4 Å². The fraction of sp³-hybridized carbons (Fsp3) is 0.550. The van der Waals surface area contributed by atoms with Gasteiger partial charge in [0.25, 0.3) is 0 Å². The molecule has 1 atom stereocenters. The van der Waals surface area contributed by atoms with Gasteiger partial charge >= 0.3 is 0 Å². The molecule has 27 heavy (non-hydrogen) atoms. The van der Waals surface area contributed by atoms with E-state index >= 15 is 0 Å². The van der Waals surface area contributed by atoms with Crippen LogP contribution in [-0.4, -0.2) is 60.2 Å². The quantitative estimate of drug-likeness (QED) is 0.820. The topological polar surface area (TPSA) is 69.7 Å². The average molecular weight is 375 g/mol. The number of carbonyl (C=O) groups is 3. The Bertz CT molecular complexity index is 695. The number of hydrogen-bond donors (Lipinski definition) is 1. The fourth-order valence-electron chi connectivity index (χ4n) is 3.57. The van der Waals surface area contributed by atoms with E-state index in [0.717, 1.165) is 18.4 Å². The van der Waals surface area contributed by atoms with Gasteiger partial charge in [-0.2, -0.15) is 0 Å². The van der Waals surface area contributed by atoms with E-state index in [1.807, 2.05) is 0 Å². The predicted molar refractivity (Wildman–Crippen MR) is 98.3 cm³/mol. The van der Waals surface area contributed by atoms with Gasteiger partial charge in [-0.3, -0.25) is 14.4 Å². The van der Waals surface area contributed by atoms with Crippen molar-refractivity contribution in [1.29, 1.82) is 0 Å². The second-order valence-electron chi connectivity index (χ2n) is 7.29. The second kappa shape index (κ2) is 8.50. The van der Waals surface area contributed by atoms with Gasteiger partial charge in [-0.05, 0) is 36.5 Å². The summed E-state index contributed by atoms with van der Waals surface area (Å²) in [7, 11) is 0. The number of carbonyl (C=O) groups excluding carboxylic acids is 3. The number of piperazine rings is 1. The number of benzene rings is 1. The van der Waals surface area contributed by atoms with Gasteiger partial charge in [-0.15, -0.1) is 0 Å². The molecule has 3 amide bonds. The SMILES string of the molecule is CC(=O)N1CCN(C(=O)CCNC(=O)C(c2ccc(F)cc2)C2CC2)CC1. The lowest BCUT2D eigenvalue weighted by atomic mass is 9.93. The largest absolute Gasteiger partial charge is 0.355 e. The summed E-state index contributed by atoms with van der Waals surface area (Å²) in [6, 6.07) is 6.08. The molecule has 3 rings (SSSR count). The number of amides is 3. The summed E-state index contributed by atoms with van der Waals surface area (Å²) in [5.41, 5.74) is 0.822. The molecule has 2 aliphatic rings. The number of hydrogen-bond acceptors (Lipinski definition) is 3. The van der Waals surface area contributed by atoms with Crippen molar-refractivity contribution in [1.82, 2.24) is 15.1 Å². The molecule has 0 aromatic heterocycles. The third-order valence-electron chi connectivity index (χ3n) is 5.32. The van der Waals surface area contributed by atoms with E-state index < -0.39 is 0 Å². The van der Waals surface area contributed by atoms with Gasteiger partial charge < -0.3 is 15.1 Å². The van der Waals surface area contributed by atoms with Gasteiger partial charge in [0.15, 0.2) is 0 Å². The minimum Gasteiger partial charge on any atom is -0.355 e. The van der Waals surface area contributed by atoms with Gasteiger partial charge in [0, 0.05) is 46.1 Å². The van der Waals surface area contributed by atoms with Crippen LogP contribution in [0, 0.1) is 11.7 Å². The molecule has 1 unspecified atom stereocenters. The average Bonchev–Trinajstić information content (AvgIpc) is 3.48. The van der Waals surface area contributed by atoms with E-state index in [2.05, 4.69) is 5.32 Å². The predicted octanol–water partition coefficient (Wildman–Crippen LogP) is 1.52. The molecule has 0 spiro atoms. The summed E-state index contributed by atoms with van der Waals surface area (Å²) in [5, 5.41) is 2.87. The van der Waals surface area contributed by atoms with Crippen LogP contribution < -0.4 is 5.32 Å². The number of nitrogens with zero attached hydrogens (tertiary/aromatic N) is 2. The molecule has 1 N–H and O–H groups in total. The molecular formula is C20H26FN3O3. The molecule has 6 nitrogen and oxygen atoms in total. The Morgan fingerprint density at radius 3 is 2.22 bits per heavy atom. The number of halogens is 1. The fourth-order valence-corrected chi connectivity index (χ4v) is 3.57. The lowest BCUT2D eigenvalue weighted by Gasteiger charge is -2.34. The highest BCUT2D eigenvalue weighted by Gasteiger charge is 2.37. The Hall–Kier alpha value is -2.44. The normalized spacial score (nSPS) is 18.1. The monoisotopic (exact) mass is 375 g/mol. The first kappa shape index (κ1) is 19.3. The first-order valence-corrected chi connectivity index (χ1v) is 9.52. The Kier molecular flexibility index (Phi) is 6.08. The molecule has 1 heterocycles. The maximum Gasteiger partial charge on any atom is 0.227 e. The molecule has 1 aliphatic heterocycles. The van der Waals surface area contributed by atoms with Gasteiger partial charge in [0.2, 0.25) is 17.7 Å². The van der Waals surface area contributed by atoms with Crippen LogP contribution in [0.1, 0.15) is 37.7 Å². The van der Waals surface area contributed by atoms with Gasteiger partial charge in [-0.25, -0.2) is 4.39 Å². The van der Waals surface area contributed by atoms with E-state index in [1.54, 1.807) is 21.9 Å². The lowest BCUT2D eigenvalue weighted by Crippen LogP contribution is -2.50. The van der Waals surface area contributed by atoms with E-state index in [-0.39, 0.29) is 42.4 Å². The summed E-state index contributed by atoms with van der Waals surface area (Å²) in [6.07, 6.45) is 2.23. The Morgan fingerprint density at radius 2 is 1.67 bits per heavy atom. The molecule has 2 fully saturated rings. The highest BCUT2D eigenvalue weighted by molar-refractivity contribution is 5.85. The highest BCUT2D eigenvalue weighted by atomic mass is 19.1. The van der Waals surface area contributed by atoms with Crippen molar-refractivity contribution in [2.75, 3.05) is 32.7 Å². The van der Waals surface area contributed by atoms with Crippen molar-refractivity contribution in [3.05, 3.63) is 35.6 Å². The standard InChI is InChI=1S/C20H26FN3O3/c1-14(25)23-10-12-24(13-11-23)18(26)8-9-22-20(27)19(15-2-3-15)16-4-6-17(21)7-5-16/h4-7,15,19H,2-3,8-13H2,1H3,(H,22,27). The van der Waals surface area contributed by atoms with Crippen molar-refractivity contribution in [3.8, 4) is 0 Å². The third kappa shape index (κ3) is 5.05. The highest BCUT2D eigenvalue weighted by Crippen LogP contribution is 2.42. The van der Waals surface area contributed by atoms with E-state index in [9.17, 15) is 18.8 Å². The Labute approximate surface area is 158 Å². The van der Waals surface area contributed by atoms with Crippen LogP contribution >= 0.6 is 0 Å². The van der Waals surface area contributed by atoms with Gasteiger partial charge in [-0.1, -0.05) is 12.1 Å². The Balaban J connectivity index is 1.46. The van der Waals surface area contributed by atoms with Crippen LogP contribution in [0.5, 0.6) is 0 Å². The molecule has 1 aliphatic carbocycles. The minimum absolute atomic E-state index is 0.0109. The van der Waals surface area contributed by atoms with Crippen LogP contribution in [0.4, 0.5) is 4.39 Å². The van der Waals surface area contributed by atoms with Crippen LogP contribution in [0.25, 0.3) is 0 Å². The van der Waals surface area contributed by atoms with Gasteiger partial charge in [0.05, 0.1) is 5.92 Å². The summed E-state index contributed by atoms with van der Waals surface area (Å²) < 4.78 is 13.1. The van der Waals surface area contributed by atoms with Crippen molar-refractivity contribution in [2.24, 2.45) is 5.92 Å². The maximum absolute atomic E-state index is 13.1. The summed E-state index contributed by atoms with van der Waals surface area (Å²) >= 11 is 0. The number of nitrogens with one attached hydrogen (secondary N) is 1. The van der Waals surface area contributed by atoms with Crippen molar-refractivity contribution in [2.45, 2.75) is 32.1 Å². The molecule has 0 bridgehead atoms. The van der Waals surface area contributed by atoms with Crippen molar-refractivity contribution >= 4 is 17.7 Å². The third-order valence-corrected chi connectivity index (χ3v) is 5.32. The molecule has 1 aromatic rings. The minimum atomic E-state index is -0.316. The number of rotatable bonds is 6. The van der Waals surface area contributed by atoms with Crippen LogP contribution in [0.3, 0.4) is 0 Å². The molecule has 146 valence electrons. The molecular weight excluding hydrogens is 349 g/mol. The van der Waals surface area contributed by atoms with Crippen molar-refractivity contribution < 1.29 is 18.8 Å². The molecule has 1 saturated heterocycles. The smallest absolute Gasteiger partial charge is 0.227 e. The molecule has 1 saturated carbocycles. The van der Waals surface area contributed by atoms with Crippen LogP contribution in [0.15, 0.2) is 24.3 Å². The zero-order valence-corrected chi connectivity index (χ0v) is 15.6. The molecule has 7 heteroatoms. The maximum atomic E-state index is 13.1. The van der Waals surface area contributed by atoms with E-state index in [1.165, 1.54) is 19.1 Å². The first-order valence-electron chi connectivity index (χ1n) is 9.52. The zero-order chi connectivity index (χ0) is 19.4. The Morgan fingerprint density at radius 1 is 1.07 bits per heavy atom. The van der Waals surface area contributed by atoms with Crippen LogP contribution in [0.2, 0.25) is 0 Å². The second-order valence-corrected chi connectivity index (χ2v) is 7.29.